The quantitative estimate of drug-likeness (QED) is 0.291. The molecule has 60 heavy (non-hydrogen) atoms. The van der Waals surface area contributed by atoms with E-state index in [9.17, 15) is 29.2 Å². The number of amides is 5. The molecule has 1 aromatic heterocycles. The largest absolute Gasteiger partial charge is 0.489 e. The molecule has 8 rings (SSSR count). The summed E-state index contributed by atoms with van der Waals surface area (Å²) >= 11 is 6.26. The minimum absolute atomic E-state index is 0.0843. The number of piperidine rings is 2. The highest BCUT2D eigenvalue weighted by Gasteiger charge is 2.64. The Morgan fingerprint density at radius 3 is 2.28 bits per heavy atom. The van der Waals surface area contributed by atoms with Crippen molar-refractivity contribution in [2.24, 2.45) is 16.7 Å². The highest BCUT2D eigenvalue weighted by molar-refractivity contribution is 6.31. The van der Waals surface area contributed by atoms with Crippen LogP contribution in [0.15, 0.2) is 42.6 Å². The van der Waals surface area contributed by atoms with Gasteiger partial charge in [0, 0.05) is 87.1 Å². The van der Waals surface area contributed by atoms with Gasteiger partial charge in [0.1, 0.15) is 24.0 Å². The topological polar surface area (TPSA) is 181 Å². The summed E-state index contributed by atoms with van der Waals surface area (Å²) in [7, 11) is 0. The van der Waals surface area contributed by atoms with Crippen LogP contribution in [-0.4, -0.2) is 113 Å². The fraction of sp³-hybridized carbons (Fsp3) is 0.500. The molecule has 5 aliphatic rings. The van der Waals surface area contributed by atoms with Gasteiger partial charge >= 0.3 is 0 Å². The summed E-state index contributed by atoms with van der Waals surface area (Å²) in [4.78, 5) is 81.6. The van der Waals surface area contributed by atoms with Crippen molar-refractivity contribution in [3.63, 3.8) is 0 Å². The van der Waals surface area contributed by atoms with Crippen molar-refractivity contribution in [2.45, 2.75) is 78.5 Å². The van der Waals surface area contributed by atoms with Crippen LogP contribution in [0.3, 0.4) is 0 Å². The van der Waals surface area contributed by atoms with Gasteiger partial charge in [-0.05, 0) is 62.4 Å². The number of nitriles is 1. The number of aromatic nitrogens is 2. The van der Waals surface area contributed by atoms with Crippen molar-refractivity contribution in [3.05, 3.63) is 75.6 Å². The number of anilines is 2. The number of benzene rings is 2. The van der Waals surface area contributed by atoms with E-state index in [0.717, 1.165) is 69.2 Å². The maximum Gasteiger partial charge on any atom is 0.262 e. The van der Waals surface area contributed by atoms with Gasteiger partial charge in [-0.3, -0.25) is 39.1 Å². The highest BCUT2D eigenvalue weighted by Crippen LogP contribution is 2.55. The lowest BCUT2D eigenvalue weighted by molar-refractivity contribution is -0.164. The molecular weight excluding hydrogens is 786 g/mol. The van der Waals surface area contributed by atoms with Crippen molar-refractivity contribution in [1.29, 1.82) is 5.26 Å². The van der Waals surface area contributed by atoms with Crippen LogP contribution in [0.4, 0.5) is 11.6 Å². The predicted molar refractivity (Wildman–Crippen MR) is 223 cm³/mol. The Balaban J connectivity index is 0.804. The van der Waals surface area contributed by atoms with Crippen LogP contribution in [0, 0.1) is 35.0 Å². The van der Waals surface area contributed by atoms with Gasteiger partial charge in [0.2, 0.25) is 17.8 Å². The summed E-state index contributed by atoms with van der Waals surface area (Å²) in [5, 5.41) is 15.1. The monoisotopic (exact) mass is 835 g/mol. The average molecular weight is 836 g/mol. The molecule has 16 heteroatoms. The van der Waals surface area contributed by atoms with Gasteiger partial charge in [-0.25, -0.2) is 9.97 Å². The zero-order chi connectivity index (χ0) is 42.7. The number of ether oxygens (including phenoxy) is 1. The first-order valence-electron chi connectivity index (χ1n) is 20.7. The number of fused-ring (bicyclic) bond motifs is 1. The zero-order valence-electron chi connectivity index (χ0n) is 34.6. The summed E-state index contributed by atoms with van der Waals surface area (Å²) in [6, 6.07) is 11.2. The minimum atomic E-state index is -0.983. The summed E-state index contributed by atoms with van der Waals surface area (Å²) in [5.41, 5.74) is 2.10. The van der Waals surface area contributed by atoms with E-state index in [0.29, 0.717) is 45.0 Å². The lowest BCUT2D eigenvalue weighted by Crippen LogP contribution is -2.74. The smallest absolute Gasteiger partial charge is 0.262 e. The highest BCUT2D eigenvalue weighted by atomic mass is 35.5. The van der Waals surface area contributed by atoms with Crippen molar-refractivity contribution in [1.82, 2.24) is 30.4 Å². The van der Waals surface area contributed by atoms with Crippen molar-refractivity contribution in [2.75, 3.05) is 55.6 Å². The normalized spacial score (nSPS) is 24.1. The van der Waals surface area contributed by atoms with E-state index in [-0.39, 0.29) is 36.5 Å². The number of halogens is 1. The van der Waals surface area contributed by atoms with Gasteiger partial charge in [0.15, 0.2) is 0 Å². The molecule has 3 saturated heterocycles. The van der Waals surface area contributed by atoms with Crippen LogP contribution in [-0.2, 0) is 9.59 Å². The van der Waals surface area contributed by atoms with E-state index in [1.54, 1.807) is 36.5 Å². The Morgan fingerprint density at radius 2 is 1.63 bits per heavy atom. The first kappa shape index (κ1) is 41.2. The van der Waals surface area contributed by atoms with Gasteiger partial charge in [-0.15, -0.1) is 0 Å². The summed E-state index contributed by atoms with van der Waals surface area (Å²) in [6.45, 7) is 16.1. The molecule has 4 aliphatic heterocycles. The summed E-state index contributed by atoms with van der Waals surface area (Å²) < 4.78 is 6.38. The van der Waals surface area contributed by atoms with Crippen LogP contribution >= 0.6 is 11.6 Å². The molecule has 15 nitrogen and oxygen atoms in total. The van der Waals surface area contributed by atoms with E-state index in [4.69, 9.17) is 21.3 Å². The number of rotatable bonds is 9. The number of carbonyl (C=O) groups excluding carboxylic acids is 5. The molecule has 0 radical (unpaired) electrons. The fourth-order valence-corrected chi connectivity index (χ4v) is 10.4. The van der Waals surface area contributed by atoms with Crippen LogP contribution < -0.4 is 25.2 Å². The second kappa shape index (κ2) is 15.8. The Kier molecular flexibility index (Phi) is 10.8. The third-order valence-corrected chi connectivity index (χ3v) is 13.5. The lowest BCUT2D eigenvalue weighted by atomic mass is 9.49. The molecule has 2 N–H and O–H groups in total. The van der Waals surface area contributed by atoms with Gasteiger partial charge < -0.3 is 19.9 Å². The van der Waals surface area contributed by atoms with E-state index < -0.39 is 40.5 Å². The molecule has 1 saturated carbocycles. The second-order valence-corrected chi connectivity index (χ2v) is 18.3. The van der Waals surface area contributed by atoms with Gasteiger partial charge in [0.25, 0.3) is 17.7 Å². The Morgan fingerprint density at radius 1 is 0.933 bits per heavy atom. The van der Waals surface area contributed by atoms with E-state index in [2.05, 4.69) is 64.1 Å². The van der Waals surface area contributed by atoms with Gasteiger partial charge in [0.05, 0.1) is 33.0 Å². The molecule has 5 amide bonds. The number of aryl methyl sites for hydroxylation is 1. The molecule has 314 valence electrons. The summed E-state index contributed by atoms with van der Waals surface area (Å²) in [5.74, 6) is -0.496. The molecule has 1 unspecified atom stereocenters. The SMILES string of the molecule is Cc1nc(N2CCC(CN3CCN(c4ccc5c(c4)C(=O)N(C4CCC(=O)NC4=O)C5=O)CC3)CC2)ncc1C(=O)N[C@H]1C(C)(C)[C@H](Oc2ccc(C#N)c(Cl)c2)C1(C)C. The molecular formula is C44H50ClN9O6. The number of hydrogen-bond acceptors (Lipinski definition) is 12. The Hall–Kier alpha value is -5.59. The molecule has 0 spiro atoms. The van der Waals surface area contributed by atoms with E-state index in [1.165, 1.54) is 0 Å². The second-order valence-electron chi connectivity index (χ2n) is 17.9. The average Bonchev–Trinajstić information content (AvgIpc) is 3.47. The fourth-order valence-electron chi connectivity index (χ4n) is 10.2. The molecule has 3 aromatic rings. The molecule has 2 aromatic carbocycles. The third kappa shape index (κ3) is 7.44. The Labute approximate surface area is 354 Å². The van der Waals surface area contributed by atoms with Crippen LogP contribution in [0.5, 0.6) is 5.75 Å². The molecule has 0 bridgehead atoms. The first-order chi connectivity index (χ1) is 28.6. The zero-order valence-corrected chi connectivity index (χ0v) is 35.3. The number of carbonyl (C=O) groups is 5. The molecule has 1 atom stereocenters. The number of nitrogens with zero attached hydrogens (tertiary/aromatic N) is 7. The number of hydrogen-bond donors (Lipinski definition) is 2. The van der Waals surface area contributed by atoms with Crippen LogP contribution in [0.2, 0.25) is 5.02 Å². The Bertz CT molecular complexity index is 2290. The van der Waals surface area contributed by atoms with Gasteiger partial charge in [-0.1, -0.05) is 39.3 Å². The summed E-state index contributed by atoms with van der Waals surface area (Å²) in [6.07, 6.45) is 3.63. The number of imide groups is 2. The molecule has 4 fully saturated rings. The minimum Gasteiger partial charge on any atom is -0.489 e. The van der Waals surface area contributed by atoms with Crippen molar-refractivity contribution < 1.29 is 28.7 Å². The van der Waals surface area contributed by atoms with Crippen molar-refractivity contribution in [3.8, 4) is 11.8 Å². The van der Waals surface area contributed by atoms with Gasteiger partial charge in [-0.2, -0.15) is 5.26 Å². The predicted octanol–water partition coefficient (Wildman–Crippen LogP) is 4.36. The lowest BCUT2D eigenvalue weighted by Gasteiger charge is -2.63. The maximum absolute atomic E-state index is 13.6. The third-order valence-electron chi connectivity index (χ3n) is 13.2. The van der Waals surface area contributed by atoms with Crippen LogP contribution in [0.25, 0.3) is 0 Å². The first-order valence-corrected chi connectivity index (χ1v) is 21.0. The molecule has 5 heterocycles. The van der Waals surface area contributed by atoms with E-state index in [1.807, 2.05) is 13.0 Å². The standard InChI is InChI=1S/C44H50ClN9O6/c1-25-32(36(56)50-40-43(2,3)41(44(40,4)5)60-29-8-6-27(22-46)33(45)21-29)23-47-42(48-25)53-14-12-26(13-15-53)24-51-16-18-52(19-17-51)28-7-9-30-31(20-28)39(59)54(38(30)58)34-10-11-35(55)49-37(34)57/h6-9,20-21,23,26,34,40-41H,10-19,24H2,1-5H3,(H,50,56)(H,49,55,57)/t34?,40-,41-. The van der Waals surface area contributed by atoms with Crippen molar-refractivity contribution >= 4 is 52.8 Å². The maximum atomic E-state index is 13.6. The number of piperazine rings is 1. The number of nitrogens with one attached hydrogen (secondary N) is 2. The van der Waals surface area contributed by atoms with Crippen LogP contribution in [0.1, 0.15) is 95.7 Å². The molecule has 1 aliphatic carbocycles. The van der Waals surface area contributed by atoms with E-state index >= 15 is 0 Å².